The van der Waals surface area contributed by atoms with Gasteiger partial charge < -0.3 is 20.5 Å². The van der Waals surface area contributed by atoms with E-state index in [9.17, 15) is 4.79 Å². The first kappa shape index (κ1) is 24.3. The van der Waals surface area contributed by atoms with Crippen LogP contribution in [-0.4, -0.2) is 59.3 Å². The maximum atomic E-state index is 12.9. The summed E-state index contributed by atoms with van der Waals surface area (Å²) in [4.78, 5) is 27.8. The van der Waals surface area contributed by atoms with Crippen LogP contribution in [-0.2, 0) is 4.79 Å². The maximum absolute atomic E-state index is 12.9. The zero-order valence-electron chi connectivity index (χ0n) is 20.5. The molecule has 10 nitrogen and oxygen atoms in total. The first-order chi connectivity index (χ1) is 18.5. The molecular weight excluding hydrogens is 506 g/mol. The van der Waals surface area contributed by atoms with Gasteiger partial charge >= 0.3 is 0 Å². The second kappa shape index (κ2) is 9.70. The number of nitrogens with two attached hydrogens (primary N) is 1. The summed E-state index contributed by atoms with van der Waals surface area (Å²) in [6, 6.07) is 10.8. The summed E-state index contributed by atoms with van der Waals surface area (Å²) in [5.74, 6) is 1.31. The average Bonchev–Trinajstić information content (AvgIpc) is 3.59. The molecule has 0 radical (unpaired) electrons. The van der Waals surface area contributed by atoms with Gasteiger partial charge in [-0.15, -0.1) is 0 Å². The summed E-state index contributed by atoms with van der Waals surface area (Å²) in [6.45, 7) is 0.342. The van der Waals surface area contributed by atoms with E-state index in [0.717, 1.165) is 31.2 Å². The van der Waals surface area contributed by atoms with E-state index in [1.165, 1.54) is 24.7 Å². The largest absolute Gasteiger partial charge is 0.439 e. The number of rotatable bonds is 6. The third kappa shape index (κ3) is 4.46. The number of halogens is 1. The molecule has 38 heavy (non-hydrogen) atoms. The molecule has 3 aromatic heterocycles. The van der Waals surface area contributed by atoms with E-state index in [4.69, 9.17) is 32.3 Å². The Labute approximate surface area is 223 Å². The Bertz CT molecular complexity index is 1510. The number of carbonyl (C=O) groups excluding carboxylic acids is 1. The zero-order chi connectivity index (χ0) is 26.3. The SMILES string of the molecule is Nc1ncnc2c1c(-c1ccc(Oc3ccc(Cl)cn3)cc1)nn2C1CCC2(CC2)N(C(=O)/C=C/CO)C1. The number of likely N-dealkylation sites (tertiary alicyclic amines) is 1. The van der Waals surface area contributed by atoms with Crippen LogP contribution in [0.4, 0.5) is 5.82 Å². The number of pyridine rings is 1. The van der Waals surface area contributed by atoms with Crippen LogP contribution in [0, 0.1) is 0 Å². The highest BCUT2D eigenvalue weighted by Gasteiger charge is 2.52. The van der Waals surface area contributed by atoms with Crippen LogP contribution in [0.2, 0.25) is 5.02 Å². The number of anilines is 1. The second-order valence-corrected chi connectivity index (χ2v) is 10.1. The molecule has 1 spiro atoms. The van der Waals surface area contributed by atoms with Gasteiger partial charge in [-0.3, -0.25) is 4.79 Å². The van der Waals surface area contributed by atoms with E-state index in [2.05, 4.69) is 15.0 Å². The van der Waals surface area contributed by atoms with Crippen molar-refractivity contribution in [2.75, 3.05) is 18.9 Å². The van der Waals surface area contributed by atoms with Gasteiger partial charge in [0.05, 0.1) is 23.1 Å². The van der Waals surface area contributed by atoms with Crippen molar-refractivity contribution in [1.29, 1.82) is 0 Å². The van der Waals surface area contributed by atoms with Crippen LogP contribution in [0.1, 0.15) is 31.7 Å². The summed E-state index contributed by atoms with van der Waals surface area (Å²) in [7, 11) is 0. The third-order valence-electron chi connectivity index (χ3n) is 7.28. The van der Waals surface area contributed by atoms with Crippen molar-refractivity contribution in [2.24, 2.45) is 0 Å². The van der Waals surface area contributed by atoms with Crippen LogP contribution in [0.15, 0.2) is 61.1 Å². The van der Waals surface area contributed by atoms with Crippen LogP contribution in [0.3, 0.4) is 0 Å². The second-order valence-electron chi connectivity index (χ2n) is 9.64. The molecule has 1 unspecified atom stereocenters. The highest BCUT2D eigenvalue weighted by atomic mass is 35.5. The van der Waals surface area contributed by atoms with Crippen molar-refractivity contribution >= 4 is 34.4 Å². The summed E-state index contributed by atoms with van der Waals surface area (Å²) in [6.07, 6.45) is 9.66. The number of benzene rings is 1. The number of aliphatic hydroxyl groups excluding tert-OH is 1. The molecule has 1 amide bonds. The van der Waals surface area contributed by atoms with Gasteiger partial charge in [0.15, 0.2) is 5.65 Å². The van der Waals surface area contributed by atoms with Gasteiger partial charge in [0, 0.05) is 36.0 Å². The van der Waals surface area contributed by atoms with Gasteiger partial charge in [0.1, 0.15) is 23.6 Å². The molecule has 2 fully saturated rings. The number of piperidine rings is 1. The fourth-order valence-electron chi connectivity index (χ4n) is 5.17. The average molecular weight is 532 g/mol. The van der Waals surface area contributed by atoms with Crippen molar-refractivity contribution in [3.63, 3.8) is 0 Å². The Morgan fingerprint density at radius 2 is 1.97 bits per heavy atom. The predicted molar refractivity (Wildman–Crippen MR) is 143 cm³/mol. The molecule has 1 aromatic carbocycles. The number of carbonyl (C=O) groups is 1. The first-order valence-corrected chi connectivity index (χ1v) is 12.8. The van der Waals surface area contributed by atoms with Gasteiger partial charge in [-0.1, -0.05) is 17.7 Å². The molecule has 1 aliphatic carbocycles. The van der Waals surface area contributed by atoms with Crippen molar-refractivity contribution in [2.45, 2.75) is 37.3 Å². The van der Waals surface area contributed by atoms with E-state index in [0.29, 0.717) is 45.7 Å². The maximum Gasteiger partial charge on any atom is 0.246 e. The van der Waals surface area contributed by atoms with Crippen molar-refractivity contribution in [1.82, 2.24) is 29.6 Å². The van der Waals surface area contributed by atoms with E-state index in [1.54, 1.807) is 12.1 Å². The summed E-state index contributed by atoms with van der Waals surface area (Å²) in [5, 5.41) is 15.3. The lowest BCUT2D eigenvalue weighted by Crippen LogP contribution is -2.48. The molecule has 3 N–H and O–H groups in total. The van der Waals surface area contributed by atoms with E-state index < -0.39 is 0 Å². The number of amides is 1. The summed E-state index contributed by atoms with van der Waals surface area (Å²) < 4.78 is 7.70. The van der Waals surface area contributed by atoms with Crippen molar-refractivity contribution in [3.05, 3.63) is 66.1 Å². The van der Waals surface area contributed by atoms with Gasteiger partial charge in [0.2, 0.25) is 11.8 Å². The van der Waals surface area contributed by atoms with E-state index in [-0.39, 0.29) is 24.1 Å². The van der Waals surface area contributed by atoms with Gasteiger partial charge in [-0.2, -0.15) is 5.10 Å². The standard InChI is InChI=1S/C27H26ClN7O3/c28-18-5-8-21(30-14-18)38-20-6-3-17(4-7-20)24-23-25(29)31-16-32-26(23)35(33-24)19-9-10-27(11-12-27)34(15-19)22(37)2-1-13-36/h1-8,14,16,19,36H,9-13,15H2,(H2,29,31,32)/b2-1+. The number of nitrogen functional groups attached to an aromatic ring is 1. The number of hydrogen-bond acceptors (Lipinski definition) is 8. The Balaban J connectivity index is 1.32. The highest BCUT2D eigenvalue weighted by molar-refractivity contribution is 6.30. The molecule has 1 atom stereocenters. The normalized spacial score (nSPS) is 18.4. The molecule has 1 saturated heterocycles. The molecule has 1 saturated carbocycles. The van der Waals surface area contributed by atoms with Gasteiger partial charge in [-0.05, 0) is 56.0 Å². The quantitative estimate of drug-likeness (QED) is 0.354. The minimum atomic E-state index is -0.167. The third-order valence-corrected chi connectivity index (χ3v) is 7.51. The molecule has 0 bridgehead atoms. The van der Waals surface area contributed by atoms with Crippen molar-refractivity contribution in [3.8, 4) is 22.9 Å². The number of ether oxygens (including phenoxy) is 1. The fraction of sp³-hybridized carbons (Fsp3) is 0.296. The number of fused-ring (bicyclic) bond motifs is 1. The van der Waals surface area contributed by atoms with Crippen molar-refractivity contribution < 1.29 is 14.6 Å². The van der Waals surface area contributed by atoms with Crippen LogP contribution in [0.5, 0.6) is 11.6 Å². The minimum Gasteiger partial charge on any atom is -0.439 e. The molecule has 11 heteroatoms. The molecule has 2 aliphatic rings. The highest BCUT2D eigenvalue weighted by Crippen LogP contribution is 2.50. The summed E-state index contributed by atoms with van der Waals surface area (Å²) >= 11 is 5.90. The minimum absolute atomic E-state index is 0.0724. The lowest BCUT2D eigenvalue weighted by molar-refractivity contribution is -0.131. The zero-order valence-corrected chi connectivity index (χ0v) is 21.3. The lowest BCUT2D eigenvalue weighted by Gasteiger charge is -2.40. The number of hydrogen-bond donors (Lipinski definition) is 2. The number of aromatic nitrogens is 5. The summed E-state index contributed by atoms with van der Waals surface area (Å²) in [5.41, 5.74) is 8.37. The first-order valence-electron chi connectivity index (χ1n) is 12.4. The number of nitrogens with zero attached hydrogens (tertiary/aromatic N) is 6. The fourth-order valence-corrected chi connectivity index (χ4v) is 5.29. The van der Waals surface area contributed by atoms with E-state index in [1.807, 2.05) is 33.8 Å². The smallest absolute Gasteiger partial charge is 0.246 e. The van der Waals surface area contributed by atoms with E-state index >= 15 is 0 Å². The Morgan fingerprint density at radius 1 is 1.16 bits per heavy atom. The predicted octanol–water partition coefficient (Wildman–Crippen LogP) is 4.16. The Hall–Kier alpha value is -4.02. The molecular formula is C27H26ClN7O3. The van der Waals surface area contributed by atoms with Gasteiger partial charge in [0.25, 0.3) is 0 Å². The molecule has 194 valence electrons. The van der Waals surface area contributed by atoms with Crippen LogP contribution in [0.25, 0.3) is 22.3 Å². The Morgan fingerprint density at radius 3 is 2.68 bits per heavy atom. The number of aliphatic hydroxyl groups is 1. The van der Waals surface area contributed by atoms with Crippen LogP contribution >= 0.6 is 11.6 Å². The topological polar surface area (TPSA) is 132 Å². The van der Waals surface area contributed by atoms with Crippen LogP contribution < -0.4 is 10.5 Å². The molecule has 4 aromatic rings. The molecule has 6 rings (SSSR count). The Kier molecular flexibility index (Phi) is 6.21. The monoisotopic (exact) mass is 531 g/mol. The lowest BCUT2D eigenvalue weighted by atomic mass is 9.96. The van der Waals surface area contributed by atoms with Gasteiger partial charge in [-0.25, -0.2) is 19.6 Å². The molecule has 4 heterocycles. The molecule has 1 aliphatic heterocycles.